The van der Waals surface area contributed by atoms with Gasteiger partial charge in [0, 0.05) is 11.9 Å². The SMILES string of the molecule is COC(=O)/C(=C\c1ccc(Cl)cc1)CN(C(=O)OC(C)C)N(C(C)=O)C(=O)OC(C)C. The molecule has 1 aromatic carbocycles. The Kier molecular flexibility index (Phi) is 10.0. The van der Waals surface area contributed by atoms with Gasteiger partial charge in [0.25, 0.3) is 0 Å². The number of methoxy groups -OCH3 is 1. The van der Waals surface area contributed by atoms with Crippen LogP contribution in [0, 0.1) is 0 Å². The Morgan fingerprint density at radius 3 is 1.94 bits per heavy atom. The third kappa shape index (κ3) is 8.29. The van der Waals surface area contributed by atoms with Crippen LogP contribution >= 0.6 is 11.6 Å². The van der Waals surface area contributed by atoms with E-state index in [2.05, 4.69) is 0 Å². The van der Waals surface area contributed by atoms with Gasteiger partial charge in [-0.2, -0.15) is 0 Å². The molecule has 0 heterocycles. The van der Waals surface area contributed by atoms with Crippen molar-refractivity contribution in [3.05, 3.63) is 40.4 Å². The van der Waals surface area contributed by atoms with Crippen molar-refractivity contribution in [2.24, 2.45) is 0 Å². The van der Waals surface area contributed by atoms with Gasteiger partial charge in [-0.15, -0.1) is 5.01 Å². The highest BCUT2D eigenvalue weighted by molar-refractivity contribution is 6.30. The number of rotatable bonds is 6. The topological polar surface area (TPSA) is 102 Å². The quantitative estimate of drug-likeness (QED) is 0.276. The van der Waals surface area contributed by atoms with E-state index in [1.165, 1.54) is 13.2 Å². The first-order valence-corrected chi connectivity index (χ1v) is 9.87. The Morgan fingerprint density at radius 1 is 0.968 bits per heavy atom. The van der Waals surface area contributed by atoms with Gasteiger partial charge < -0.3 is 14.2 Å². The number of benzene rings is 1. The molecule has 0 atom stereocenters. The van der Waals surface area contributed by atoms with Crippen LogP contribution in [0.4, 0.5) is 9.59 Å². The first-order chi connectivity index (χ1) is 14.5. The van der Waals surface area contributed by atoms with Gasteiger partial charge in [-0.3, -0.25) is 4.79 Å². The summed E-state index contributed by atoms with van der Waals surface area (Å²) in [5.74, 6) is -1.57. The number of ether oxygens (including phenoxy) is 3. The third-order valence-electron chi connectivity index (χ3n) is 3.58. The maximum Gasteiger partial charge on any atom is 0.436 e. The van der Waals surface area contributed by atoms with Gasteiger partial charge in [0.15, 0.2) is 0 Å². The normalized spacial score (nSPS) is 11.2. The van der Waals surface area contributed by atoms with Crippen LogP contribution in [0.15, 0.2) is 29.8 Å². The molecule has 0 bridgehead atoms. The molecule has 1 rings (SSSR count). The highest BCUT2D eigenvalue weighted by Gasteiger charge is 2.35. The smallest absolute Gasteiger partial charge is 0.436 e. The molecule has 31 heavy (non-hydrogen) atoms. The summed E-state index contributed by atoms with van der Waals surface area (Å²) in [6.45, 7) is 6.98. The molecule has 0 aliphatic carbocycles. The zero-order chi connectivity index (χ0) is 23.7. The number of imide groups is 1. The lowest BCUT2D eigenvalue weighted by molar-refractivity contribution is -0.143. The average Bonchev–Trinajstić information content (AvgIpc) is 2.66. The Balaban J connectivity index is 3.44. The lowest BCUT2D eigenvalue weighted by atomic mass is 10.1. The summed E-state index contributed by atoms with van der Waals surface area (Å²) >= 11 is 5.89. The monoisotopic (exact) mass is 454 g/mol. The summed E-state index contributed by atoms with van der Waals surface area (Å²) in [6.07, 6.45) is -1.76. The maximum absolute atomic E-state index is 12.7. The number of amides is 3. The first-order valence-electron chi connectivity index (χ1n) is 9.50. The Labute approximate surface area is 186 Å². The number of esters is 1. The predicted molar refractivity (Wildman–Crippen MR) is 114 cm³/mol. The fourth-order valence-electron chi connectivity index (χ4n) is 2.35. The number of nitrogens with zero attached hydrogens (tertiary/aromatic N) is 2. The molecule has 0 unspecified atom stereocenters. The van der Waals surface area contributed by atoms with Gasteiger partial charge in [-0.25, -0.2) is 19.4 Å². The molecule has 9 nitrogen and oxygen atoms in total. The molecule has 0 saturated heterocycles. The van der Waals surface area contributed by atoms with E-state index in [1.54, 1.807) is 52.0 Å². The molecule has 0 aliphatic heterocycles. The molecule has 0 N–H and O–H groups in total. The molecular weight excluding hydrogens is 428 g/mol. The van der Waals surface area contributed by atoms with Crippen molar-refractivity contribution in [3.63, 3.8) is 0 Å². The zero-order valence-electron chi connectivity index (χ0n) is 18.4. The Bertz CT molecular complexity index is 835. The Morgan fingerprint density at radius 2 is 1.48 bits per heavy atom. The van der Waals surface area contributed by atoms with Crippen molar-refractivity contribution in [2.45, 2.75) is 46.8 Å². The molecule has 0 aliphatic rings. The molecule has 10 heteroatoms. The van der Waals surface area contributed by atoms with E-state index in [4.69, 9.17) is 25.8 Å². The van der Waals surface area contributed by atoms with Crippen molar-refractivity contribution in [1.29, 1.82) is 0 Å². The summed E-state index contributed by atoms with van der Waals surface area (Å²) in [4.78, 5) is 49.9. The lowest BCUT2D eigenvalue weighted by Crippen LogP contribution is -2.54. The summed E-state index contributed by atoms with van der Waals surface area (Å²) < 4.78 is 15.0. The molecule has 0 fully saturated rings. The second kappa shape index (κ2) is 11.9. The van der Waals surface area contributed by atoms with Crippen molar-refractivity contribution >= 4 is 41.7 Å². The van der Waals surface area contributed by atoms with E-state index in [0.29, 0.717) is 20.6 Å². The highest BCUT2D eigenvalue weighted by atomic mass is 35.5. The number of carbonyl (C=O) groups is 4. The van der Waals surface area contributed by atoms with Crippen molar-refractivity contribution in [2.75, 3.05) is 13.7 Å². The van der Waals surface area contributed by atoms with E-state index in [0.717, 1.165) is 6.92 Å². The van der Waals surface area contributed by atoms with Gasteiger partial charge in [0.2, 0.25) is 5.91 Å². The fraction of sp³-hybridized carbons (Fsp3) is 0.429. The molecule has 170 valence electrons. The molecule has 0 spiro atoms. The number of carbonyl (C=O) groups excluding carboxylic acids is 4. The van der Waals surface area contributed by atoms with E-state index in [9.17, 15) is 19.2 Å². The van der Waals surface area contributed by atoms with Crippen LogP contribution in [0.1, 0.15) is 40.2 Å². The predicted octanol–water partition coefficient (Wildman–Crippen LogP) is 4.05. The first kappa shape index (κ1) is 26.0. The van der Waals surface area contributed by atoms with Crippen molar-refractivity contribution < 1.29 is 33.4 Å². The zero-order valence-corrected chi connectivity index (χ0v) is 19.1. The molecule has 1 aromatic rings. The standard InChI is InChI=1S/C21H27ClN2O7/c1-13(2)30-20(27)23(24(15(5)25)21(28)31-14(3)4)12-17(19(26)29-6)11-16-7-9-18(22)10-8-16/h7-11,13-14H,12H2,1-6H3/b17-11-. The second-order valence-electron chi connectivity index (χ2n) is 6.97. The van der Waals surface area contributed by atoms with Gasteiger partial charge in [-0.05, 0) is 51.5 Å². The highest BCUT2D eigenvalue weighted by Crippen LogP contribution is 2.17. The van der Waals surface area contributed by atoms with Crippen molar-refractivity contribution in [1.82, 2.24) is 10.0 Å². The van der Waals surface area contributed by atoms with Crippen LogP contribution in [0.5, 0.6) is 0 Å². The summed E-state index contributed by atoms with van der Waals surface area (Å²) in [6, 6.07) is 6.54. The number of hydrazine groups is 1. The lowest BCUT2D eigenvalue weighted by Gasteiger charge is -2.32. The van der Waals surface area contributed by atoms with Crippen LogP contribution in [0.3, 0.4) is 0 Å². The molecular formula is C21H27ClN2O7. The van der Waals surface area contributed by atoms with Crippen LogP contribution in [-0.4, -0.2) is 59.9 Å². The fourth-order valence-corrected chi connectivity index (χ4v) is 2.48. The van der Waals surface area contributed by atoms with E-state index in [-0.39, 0.29) is 5.57 Å². The van der Waals surface area contributed by atoms with Crippen LogP contribution in [0.2, 0.25) is 5.02 Å². The summed E-state index contributed by atoms with van der Waals surface area (Å²) in [5, 5.41) is 1.69. The van der Waals surface area contributed by atoms with Crippen LogP contribution < -0.4 is 0 Å². The molecule has 0 saturated carbocycles. The molecule has 3 amide bonds. The second-order valence-corrected chi connectivity index (χ2v) is 7.40. The minimum absolute atomic E-state index is 0.0193. The van der Waals surface area contributed by atoms with Crippen molar-refractivity contribution in [3.8, 4) is 0 Å². The minimum Gasteiger partial charge on any atom is -0.466 e. The van der Waals surface area contributed by atoms with Gasteiger partial charge in [0.05, 0.1) is 31.4 Å². The molecule has 0 radical (unpaired) electrons. The average molecular weight is 455 g/mol. The Hall–Kier alpha value is -3.07. The number of halogens is 1. The summed E-state index contributed by atoms with van der Waals surface area (Å²) in [5.41, 5.74) is 0.565. The third-order valence-corrected chi connectivity index (χ3v) is 3.83. The van der Waals surface area contributed by atoms with Gasteiger partial charge >= 0.3 is 18.2 Å². The van der Waals surface area contributed by atoms with Gasteiger partial charge in [-0.1, -0.05) is 23.7 Å². The van der Waals surface area contributed by atoms with E-state index < -0.39 is 42.8 Å². The van der Waals surface area contributed by atoms with E-state index in [1.807, 2.05) is 0 Å². The maximum atomic E-state index is 12.7. The number of hydrogen-bond donors (Lipinski definition) is 0. The molecule has 0 aromatic heterocycles. The minimum atomic E-state index is -1.08. The summed E-state index contributed by atoms with van der Waals surface area (Å²) in [7, 11) is 1.17. The number of hydrogen-bond acceptors (Lipinski definition) is 7. The van der Waals surface area contributed by atoms with E-state index >= 15 is 0 Å². The van der Waals surface area contributed by atoms with Crippen LogP contribution in [-0.2, 0) is 23.8 Å². The van der Waals surface area contributed by atoms with Gasteiger partial charge in [0.1, 0.15) is 0 Å². The van der Waals surface area contributed by atoms with Crippen LogP contribution in [0.25, 0.3) is 6.08 Å². The largest absolute Gasteiger partial charge is 0.466 e.